The van der Waals surface area contributed by atoms with Gasteiger partial charge in [0, 0.05) is 38.8 Å². The molecule has 1 saturated heterocycles. The molecule has 8 heteroatoms. The summed E-state index contributed by atoms with van der Waals surface area (Å²) in [5.41, 5.74) is 6.90. The molecule has 2 rings (SSSR count). The van der Waals surface area contributed by atoms with Crippen LogP contribution in [0.15, 0.2) is 18.2 Å². The van der Waals surface area contributed by atoms with Crippen LogP contribution in [0.4, 0.5) is 0 Å². The van der Waals surface area contributed by atoms with Gasteiger partial charge in [-0.3, -0.25) is 14.5 Å². The van der Waals surface area contributed by atoms with Crippen molar-refractivity contribution >= 4 is 11.8 Å². The van der Waals surface area contributed by atoms with Crippen molar-refractivity contribution in [1.82, 2.24) is 15.1 Å². The smallest absolute Gasteiger partial charge is 0.242 e. The van der Waals surface area contributed by atoms with Gasteiger partial charge in [-0.2, -0.15) is 0 Å². The molecule has 0 unspecified atom stereocenters. The van der Waals surface area contributed by atoms with Gasteiger partial charge < -0.3 is 25.4 Å². The molecular formula is C20H32N4O4. The molecule has 156 valence electrons. The van der Waals surface area contributed by atoms with Crippen LogP contribution in [-0.2, 0) is 16.1 Å². The summed E-state index contributed by atoms with van der Waals surface area (Å²) in [6, 6.07) is 5.24. The molecule has 1 aliphatic rings. The second kappa shape index (κ2) is 10.3. The van der Waals surface area contributed by atoms with Crippen LogP contribution in [-0.4, -0.2) is 74.6 Å². The van der Waals surface area contributed by atoms with Crippen molar-refractivity contribution in [3.63, 3.8) is 0 Å². The first-order chi connectivity index (χ1) is 13.3. The van der Waals surface area contributed by atoms with Crippen molar-refractivity contribution in [2.75, 3.05) is 46.9 Å². The maximum atomic E-state index is 12.3. The number of benzene rings is 1. The Balaban J connectivity index is 1.81. The van der Waals surface area contributed by atoms with Crippen molar-refractivity contribution in [2.45, 2.75) is 26.4 Å². The monoisotopic (exact) mass is 392 g/mol. The van der Waals surface area contributed by atoms with Crippen LogP contribution in [0, 0.1) is 5.92 Å². The van der Waals surface area contributed by atoms with E-state index in [0.717, 1.165) is 36.7 Å². The van der Waals surface area contributed by atoms with Gasteiger partial charge in [0.2, 0.25) is 11.8 Å². The number of hydrogen-bond donors (Lipinski definition) is 2. The molecule has 1 aromatic carbocycles. The highest BCUT2D eigenvalue weighted by molar-refractivity contribution is 5.87. The highest BCUT2D eigenvalue weighted by atomic mass is 16.5. The lowest BCUT2D eigenvalue weighted by Crippen LogP contribution is -2.52. The number of nitrogens with one attached hydrogen (secondary N) is 1. The topological polar surface area (TPSA) is 97.1 Å². The van der Waals surface area contributed by atoms with E-state index in [9.17, 15) is 9.59 Å². The van der Waals surface area contributed by atoms with Crippen molar-refractivity contribution in [1.29, 1.82) is 0 Å². The summed E-state index contributed by atoms with van der Waals surface area (Å²) >= 11 is 0. The highest BCUT2D eigenvalue weighted by Gasteiger charge is 2.23. The van der Waals surface area contributed by atoms with Gasteiger partial charge >= 0.3 is 0 Å². The van der Waals surface area contributed by atoms with Crippen LogP contribution in [0.3, 0.4) is 0 Å². The molecule has 0 aliphatic carbocycles. The standard InChI is InChI=1S/C20H32N4O4/c1-14(2)19(21)20(26)22-12-18(25)24-7-5-23(6-8-24)13-15-9-16(27-3)11-17(10-15)28-4/h9-11,14,19H,5-8,12-13,21H2,1-4H3,(H,22,26)/t19-/m0/s1. The number of methoxy groups -OCH3 is 2. The molecule has 1 atom stereocenters. The Morgan fingerprint density at radius 1 is 1.07 bits per heavy atom. The van der Waals surface area contributed by atoms with Gasteiger partial charge in [0.25, 0.3) is 0 Å². The average molecular weight is 393 g/mol. The molecule has 3 N–H and O–H groups in total. The van der Waals surface area contributed by atoms with E-state index >= 15 is 0 Å². The number of hydrogen-bond acceptors (Lipinski definition) is 6. The van der Waals surface area contributed by atoms with Gasteiger partial charge in [0.1, 0.15) is 11.5 Å². The van der Waals surface area contributed by atoms with E-state index < -0.39 is 6.04 Å². The first-order valence-electron chi connectivity index (χ1n) is 9.59. The third-order valence-electron chi connectivity index (χ3n) is 4.98. The minimum atomic E-state index is -0.593. The number of carbonyl (C=O) groups excluding carboxylic acids is 2. The molecule has 0 bridgehead atoms. The average Bonchev–Trinajstić information content (AvgIpc) is 2.71. The minimum Gasteiger partial charge on any atom is -0.497 e. The molecule has 0 saturated carbocycles. The van der Waals surface area contributed by atoms with Gasteiger partial charge in [-0.25, -0.2) is 0 Å². The Hall–Kier alpha value is -2.32. The van der Waals surface area contributed by atoms with Crippen LogP contribution in [0.2, 0.25) is 0 Å². The number of piperazine rings is 1. The lowest BCUT2D eigenvalue weighted by Gasteiger charge is -2.35. The lowest BCUT2D eigenvalue weighted by molar-refractivity contribution is -0.134. The highest BCUT2D eigenvalue weighted by Crippen LogP contribution is 2.23. The third kappa shape index (κ3) is 6.10. The van der Waals surface area contributed by atoms with Crippen molar-refractivity contribution in [2.24, 2.45) is 11.7 Å². The van der Waals surface area contributed by atoms with Crippen LogP contribution >= 0.6 is 0 Å². The second-order valence-electron chi connectivity index (χ2n) is 7.37. The molecule has 1 aliphatic heterocycles. The van der Waals surface area contributed by atoms with Crippen LogP contribution in [0.1, 0.15) is 19.4 Å². The van der Waals surface area contributed by atoms with E-state index in [0.29, 0.717) is 13.1 Å². The zero-order valence-corrected chi connectivity index (χ0v) is 17.2. The summed E-state index contributed by atoms with van der Waals surface area (Å²) in [7, 11) is 3.27. The fraction of sp³-hybridized carbons (Fsp3) is 0.600. The molecule has 1 aromatic rings. The van der Waals surface area contributed by atoms with E-state index in [1.807, 2.05) is 32.0 Å². The largest absolute Gasteiger partial charge is 0.497 e. The van der Waals surface area contributed by atoms with E-state index in [1.54, 1.807) is 19.1 Å². The van der Waals surface area contributed by atoms with Crippen molar-refractivity contribution < 1.29 is 19.1 Å². The number of nitrogens with two attached hydrogens (primary N) is 1. The molecule has 28 heavy (non-hydrogen) atoms. The van der Waals surface area contributed by atoms with Gasteiger partial charge in [-0.15, -0.1) is 0 Å². The maximum Gasteiger partial charge on any atom is 0.242 e. The SMILES string of the molecule is COc1cc(CN2CCN(C(=O)CNC(=O)[C@@H](N)C(C)C)CC2)cc(OC)c1. The summed E-state index contributed by atoms with van der Waals surface area (Å²) in [5.74, 6) is 1.20. The molecule has 8 nitrogen and oxygen atoms in total. The second-order valence-corrected chi connectivity index (χ2v) is 7.37. The molecular weight excluding hydrogens is 360 g/mol. The maximum absolute atomic E-state index is 12.3. The zero-order chi connectivity index (χ0) is 20.7. The normalized spacial score (nSPS) is 16.0. The number of nitrogens with zero attached hydrogens (tertiary/aromatic N) is 2. The molecule has 1 fully saturated rings. The Morgan fingerprint density at radius 3 is 2.14 bits per heavy atom. The quantitative estimate of drug-likeness (QED) is 0.667. The number of carbonyl (C=O) groups is 2. The van der Waals surface area contributed by atoms with Gasteiger partial charge in [0.05, 0.1) is 26.8 Å². The van der Waals surface area contributed by atoms with Crippen LogP contribution < -0.4 is 20.5 Å². The number of amides is 2. The zero-order valence-electron chi connectivity index (χ0n) is 17.2. The number of rotatable bonds is 8. The minimum absolute atomic E-state index is 0.00760. The summed E-state index contributed by atoms with van der Waals surface area (Å²) in [4.78, 5) is 28.3. The number of ether oxygens (including phenoxy) is 2. The van der Waals surface area contributed by atoms with Crippen LogP contribution in [0.25, 0.3) is 0 Å². The van der Waals surface area contributed by atoms with Crippen LogP contribution in [0.5, 0.6) is 11.5 Å². The summed E-state index contributed by atoms with van der Waals surface area (Å²) in [6.45, 7) is 7.31. The Kier molecular flexibility index (Phi) is 8.07. The van der Waals surface area contributed by atoms with Gasteiger partial charge in [-0.1, -0.05) is 13.8 Å². The Morgan fingerprint density at radius 2 is 1.64 bits per heavy atom. The van der Waals surface area contributed by atoms with Gasteiger partial charge in [-0.05, 0) is 23.6 Å². The van der Waals surface area contributed by atoms with E-state index in [4.69, 9.17) is 15.2 Å². The van der Waals surface area contributed by atoms with E-state index in [1.165, 1.54) is 0 Å². The molecule has 1 heterocycles. The lowest BCUT2D eigenvalue weighted by atomic mass is 10.1. The van der Waals surface area contributed by atoms with Crippen molar-refractivity contribution in [3.05, 3.63) is 23.8 Å². The molecule has 0 aromatic heterocycles. The summed E-state index contributed by atoms with van der Waals surface area (Å²) in [5, 5.41) is 2.64. The Labute approximate surface area is 166 Å². The molecule has 2 amide bonds. The first kappa shape index (κ1) is 22.0. The fourth-order valence-electron chi connectivity index (χ4n) is 3.07. The van der Waals surface area contributed by atoms with E-state index in [-0.39, 0.29) is 24.3 Å². The predicted octanol–water partition coefficient (Wildman–Crippen LogP) is 0.448. The Bertz CT molecular complexity index is 650. The van der Waals surface area contributed by atoms with Crippen molar-refractivity contribution in [3.8, 4) is 11.5 Å². The van der Waals surface area contributed by atoms with E-state index in [2.05, 4.69) is 10.2 Å². The summed E-state index contributed by atoms with van der Waals surface area (Å²) < 4.78 is 10.6. The third-order valence-corrected chi connectivity index (χ3v) is 4.98. The first-order valence-corrected chi connectivity index (χ1v) is 9.59. The molecule has 0 spiro atoms. The predicted molar refractivity (Wildman–Crippen MR) is 107 cm³/mol. The summed E-state index contributed by atoms with van der Waals surface area (Å²) in [6.07, 6.45) is 0. The molecule has 0 radical (unpaired) electrons. The van der Waals surface area contributed by atoms with Gasteiger partial charge in [0.15, 0.2) is 0 Å². The fourth-order valence-corrected chi connectivity index (χ4v) is 3.07.